The molecular weight excluding hydrogens is 191 g/mol. The summed E-state index contributed by atoms with van der Waals surface area (Å²) in [7, 11) is 0. The van der Waals surface area contributed by atoms with Gasteiger partial charge < -0.3 is 5.11 Å². The van der Waals surface area contributed by atoms with Crippen molar-refractivity contribution in [2.24, 2.45) is 5.41 Å². The highest BCUT2D eigenvalue weighted by Gasteiger charge is 2.24. The van der Waals surface area contributed by atoms with Gasteiger partial charge in [-0.1, -0.05) is 20.8 Å². The summed E-state index contributed by atoms with van der Waals surface area (Å²) >= 11 is 0. The van der Waals surface area contributed by atoms with Crippen molar-refractivity contribution in [2.45, 2.75) is 33.2 Å². The van der Waals surface area contributed by atoms with Gasteiger partial charge in [-0.3, -0.25) is 10.2 Å². The zero-order valence-corrected chi connectivity index (χ0v) is 8.43. The van der Waals surface area contributed by atoms with Crippen LogP contribution in [0.25, 0.3) is 0 Å². The zero-order valence-electron chi connectivity index (χ0n) is 8.43. The molecule has 0 aliphatic rings. The molecule has 1 unspecified atom stereocenters. The molecule has 82 valence electrons. The topological polar surface area (TPSA) is 78.4 Å². The molecule has 0 saturated carbocycles. The number of hydrazine groups is 1. The highest BCUT2D eigenvalue weighted by molar-refractivity contribution is 5.75. The van der Waals surface area contributed by atoms with Crippen LogP contribution in [-0.2, 0) is 4.79 Å². The Hall–Kier alpha value is -1.17. The Bertz CT molecular complexity index is 225. The number of carboxylic acid groups (broad SMARTS) is 1. The molecule has 0 aromatic rings. The van der Waals surface area contributed by atoms with Crippen LogP contribution in [0.4, 0.5) is 9.18 Å². The quantitative estimate of drug-likeness (QED) is 0.474. The van der Waals surface area contributed by atoms with Crippen LogP contribution in [0.2, 0.25) is 0 Å². The largest absolute Gasteiger partial charge is 0.464 e. The summed E-state index contributed by atoms with van der Waals surface area (Å²) in [5.74, 6) is 0. The molecule has 3 N–H and O–H groups in total. The Morgan fingerprint density at radius 1 is 1.43 bits per heavy atom. The number of nitrogens with one attached hydrogen (secondary N) is 2. The van der Waals surface area contributed by atoms with Gasteiger partial charge in [-0.05, 0) is 11.8 Å². The van der Waals surface area contributed by atoms with E-state index >= 15 is 0 Å². The molecule has 6 heteroatoms. The average Bonchev–Trinajstić information content (AvgIpc) is 1.94. The van der Waals surface area contributed by atoms with Crippen LogP contribution in [0.15, 0.2) is 0 Å². The van der Waals surface area contributed by atoms with Crippen LogP contribution < -0.4 is 10.9 Å². The third-order valence-electron chi connectivity index (χ3n) is 1.44. The van der Waals surface area contributed by atoms with Crippen molar-refractivity contribution in [2.75, 3.05) is 0 Å². The smallest absolute Gasteiger partial charge is 0.419 e. The minimum absolute atomic E-state index is 0.211. The van der Waals surface area contributed by atoms with E-state index in [2.05, 4.69) is 5.43 Å². The van der Waals surface area contributed by atoms with Gasteiger partial charge >= 0.3 is 12.1 Å². The molecule has 0 aromatic heterocycles. The molecule has 0 spiro atoms. The second-order valence-corrected chi connectivity index (χ2v) is 4.20. The highest BCUT2D eigenvalue weighted by Crippen LogP contribution is 2.21. The summed E-state index contributed by atoms with van der Waals surface area (Å²) in [5, 5.41) is 8.24. The van der Waals surface area contributed by atoms with Crippen LogP contribution >= 0.6 is 0 Å². The van der Waals surface area contributed by atoms with Gasteiger partial charge in [0.25, 0.3) is 0 Å². The van der Waals surface area contributed by atoms with E-state index in [1.54, 1.807) is 5.43 Å². The minimum atomic E-state index is -1.58. The van der Waals surface area contributed by atoms with Gasteiger partial charge in [0.2, 0.25) is 0 Å². The fraction of sp³-hybridized carbons (Fsp3) is 0.750. The normalized spacial score (nSPS) is 13.4. The maximum Gasteiger partial charge on any atom is 0.419 e. The number of halogens is 1. The lowest BCUT2D eigenvalue weighted by atomic mass is 9.88. The summed E-state index contributed by atoms with van der Waals surface area (Å²) in [6.07, 6.45) is -1.15. The van der Waals surface area contributed by atoms with Crippen LogP contribution in [0.5, 0.6) is 0 Å². The number of carbonyl (C=O) groups excluding carboxylic acids is 1. The van der Waals surface area contributed by atoms with Crippen LogP contribution in [0.3, 0.4) is 0 Å². The summed E-state index contributed by atoms with van der Waals surface area (Å²) in [6, 6.07) is -2.71. The molecule has 0 bridgehead atoms. The minimum Gasteiger partial charge on any atom is -0.464 e. The van der Waals surface area contributed by atoms with Gasteiger partial charge in [0.05, 0.1) is 0 Å². The first kappa shape index (κ1) is 12.8. The molecule has 0 saturated heterocycles. The molecule has 0 fully saturated rings. The molecule has 5 nitrogen and oxygen atoms in total. The Labute approximate surface area is 81.6 Å². The van der Waals surface area contributed by atoms with Gasteiger partial charge in [-0.2, -0.15) is 4.39 Å². The monoisotopic (exact) mass is 206 g/mol. The number of hydrogen-bond acceptors (Lipinski definition) is 3. The molecule has 1 atom stereocenters. The Balaban J connectivity index is 4.17. The first-order chi connectivity index (χ1) is 6.22. The maximum absolute atomic E-state index is 12.4. The van der Waals surface area contributed by atoms with Gasteiger partial charge in [-0.15, -0.1) is 0 Å². The third kappa shape index (κ3) is 6.36. The van der Waals surface area contributed by atoms with E-state index in [9.17, 15) is 14.0 Å². The molecule has 14 heavy (non-hydrogen) atoms. The van der Waals surface area contributed by atoms with Crippen molar-refractivity contribution in [3.63, 3.8) is 0 Å². The first-order valence-corrected chi connectivity index (χ1v) is 4.16. The Morgan fingerprint density at radius 3 is 2.21 bits per heavy atom. The fourth-order valence-electron chi connectivity index (χ4n) is 0.949. The second kappa shape index (κ2) is 4.90. The lowest BCUT2D eigenvalue weighted by Gasteiger charge is -2.23. The third-order valence-corrected chi connectivity index (χ3v) is 1.44. The van der Waals surface area contributed by atoms with Crippen LogP contribution in [-0.4, -0.2) is 23.3 Å². The molecule has 0 aliphatic heterocycles. The van der Waals surface area contributed by atoms with Gasteiger partial charge in [0.1, 0.15) is 6.04 Å². The summed E-state index contributed by atoms with van der Waals surface area (Å²) in [4.78, 5) is 20.6. The van der Waals surface area contributed by atoms with Crippen LogP contribution in [0, 0.1) is 5.41 Å². The van der Waals surface area contributed by atoms with E-state index in [1.165, 1.54) is 0 Å². The molecular formula is C8H15FN2O3. The SMILES string of the molecule is CC(C)(C)CC(NNC(=O)O)C(=O)F. The lowest BCUT2D eigenvalue weighted by molar-refractivity contribution is -0.132. The number of rotatable bonds is 4. The second-order valence-electron chi connectivity index (χ2n) is 4.20. The lowest BCUT2D eigenvalue weighted by Crippen LogP contribution is -2.48. The molecule has 0 radical (unpaired) electrons. The molecule has 0 rings (SSSR count). The van der Waals surface area contributed by atoms with E-state index in [1.807, 2.05) is 20.8 Å². The molecule has 1 amide bonds. The predicted molar refractivity (Wildman–Crippen MR) is 48.3 cm³/mol. The summed E-state index contributed by atoms with van der Waals surface area (Å²) < 4.78 is 12.4. The van der Waals surface area contributed by atoms with Crippen molar-refractivity contribution >= 4 is 12.1 Å². The number of carbonyl (C=O) groups is 2. The van der Waals surface area contributed by atoms with Crippen molar-refractivity contribution in [3.8, 4) is 0 Å². The van der Waals surface area contributed by atoms with E-state index in [-0.39, 0.29) is 11.8 Å². The van der Waals surface area contributed by atoms with Crippen molar-refractivity contribution in [3.05, 3.63) is 0 Å². The van der Waals surface area contributed by atoms with E-state index < -0.39 is 18.2 Å². The summed E-state index contributed by atoms with van der Waals surface area (Å²) in [6.45, 7) is 5.47. The molecule has 0 aliphatic carbocycles. The van der Waals surface area contributed by atoms with Gasteiger partial charge in [0, 0.05) is 0 Å². The Kier molecular flexibility index (Phi) is 4.49. The highest BCUT2D eigenvalue weighted by atomic mass is 19.1. The van der Waals surface area contributed by atoms with Crippen molar-refractivity contribution < 1.29 is 19.1 Å². The van der Waals surface area contributed by atoms with E-state index in [4.69, 9.17) is 5.11 Å². The summed E-state index contributed by atoms with van der Waals surface area (Å²) in [5.41, 5.74) is 3.59. The predicted octanol–water partition coefficient (Wildman–Crippen LogP) is 1.06. The number of amides is 1. The Morgan fingerprint density at radius 2 is 1.93 bits per heavy atom. The zero-order chi connectivity index (χ0) is 11.4. The van der Waals surface area contributed by atoms with Crippen molar-refractivity contribution in [1.29, 1.82) is 0 Å². The standard InChI is InChI=1S/C8H15FN2O3/c1-8(2,3)4-5(6(9)12)10-11-7(13)14/h5,10-11H,4H2,1-3H3,(H,13,14). The number of hydrogen-bond donors (Lipinski definition) is 3. The first-order valence-electron chi connectivity index (χ1n) is 4.16. The average molecular weight is 206 g/mol. The fourth-order valence-corrected chi connectivity index (χ4v) is 0.949. The van der Waals surface area contributed by atoms with Gasteiger partial charge in [0.15, 0.2) is 0 Å². The maximum atomic E-state index is 12.4. The van der Waals surface area contributed by atoms with Crippen molar-refractivity contribution in [1.82, 2.24) is 10.9 Å². The molecule has 0 aromatic carbocycles. The van der Waals surface area contributed by atoms with E-state index in [0.29, 0.717) is 0 Å². The van der Waals surface area contributed by atoms with Gasteiger partial charge in [-0.25, -0.2) is 10.2 Å². The van der Waals surface area contributed by atoms with E-state index in [0.717, 1.165) is 0 Å². The van der Waals surface area contributed by atoms with Crippen LogP contribution in [0.1, 0.15) is 27.2 Å². The molecule has 0 heterocycles.